The highest BCUT2D eigenvalue weighted by Crippen LogP contribution is 2.34. The van der Waals surface area contributed by atoms with Gasteiger partial charge in [-0.2, -0.15) is 0 Å². The first kappa shape index (κ1) is 10.1. The van der Waals surface area contributed by atoms with Crippen LogP contribution in [-0.4, -0.2) is 18.1 Å². The number of rotatable bonds is 2. The molecule has 1 aromatic heterocycles. The van der Waals surface area contributed by atoms with Crippen LogP contribution in [0.25, 0.3) is 0 Å². The van der Waals surface area contributed by atoms with Crippen LogP contribution in [0.15, 0.2) is 0 Å². The summed E-state index contributed by atoms with van der Waals surface area (Å²) in [5.41, 5.74) is 1.24. The van der Waals surface area contributed by atoms with Crippen LogP contribution < -0.4 is 5.32 Å². The van der Waals surface area contributed by atoms with Crippen LogP contribution in [0.3, 0.4) is 0 Å². The van der Waals surface area contributed by atoms with E-state index in [9.17, 15) is 0 Å². The summed E-state index contributed by atoms with van der Waals surface area (Å²) in [5, 5.41) is 4.29. The van der Waals surface area contributed by atoms with Gasteiger partial charge in [0.15, 0.2) is 0 Å². The van der Waals surface area contributed by atoms with Gasteiger partial charge < -0.3 is 10.1 Å². The second-order valence-corrected chi connectivity index (χ2v) is 4.86. The van der Waals surface area contributed by atoms with Crippen molar-refractivity contribution in [2.24, 2.45) is 0 Å². The molecule has 14 heavy (non-hydrogen) atoms. The lowest BCUT2D eigenvalue weighted by atomic mass is 10.1. The van der Waals surface area contributed by atoms with Gasteiger partial charge in [0.05, 0.1) is 22.8 Å². The van der Waals surface area contributed by atoms with Crippen molar-refractivity contribution in [1.29, 1.82) is 0 Å². The van der Waals surface area contributed by atoms with Crippen molar-refractivity contribution >= 4 is 11.3 Å². The molecule has 0 spiro atoms. The van der Waals surface area contributed by atoms with Crippen LogP contribution in [-0.2, 0) is 17.7 Å². The van der Waals surface area contributed by atoms with E-state index in [0.717, 1.165) is 13.0 Å². The molecular weight excluding hydrogens is 196 g/mol. The Labute approximate surface area is 88.5 Å². The lowest BCUT2D eigenvalue weighted by Gasteiger charge is -2.23. The third-order valence-electron chi connectivity index (χ3n) is 2.39. The van der Waals surface area contributed by atoms with Crippen molar-refractivity contribution in [2.75, 3.05) is 7.05 Å². The first-order chi connectivity index (χ1) is 6.70. The van der Waals surface area contributed by atoms with Crippen LogP contribution in [0.5, 0.6) is 0 Å². The molecule has 1 N–H and O–H groups in total. The topological polar surface area (TPSA) is 34.2 Å². The zero-order valence-corrected chi connectivity index (χ0v) is 9.65. The molecular formula is C10H16N2OS. The first-order valence-corrected chi connectivity index (χ1v) is 5.81. The van der Waals surface area contributed by atoms with Crippen molar-refractivity contribution in [2.45, 2.75) is 39.0 Å². The van der Waals surface area contributed by atoms with E-state index in [4.69, 9.17) is 4.74 Å². The average Bonchev–Trinajstić information content (AvgIpc) is 2.48. The summed E-state index contributed by atoms with van der Waals surface area (Å²) >= 11 is 1.77. The van der Waals surface area contributed by atoms with E-state index in [1.165, 1.54) is 15.6 Å². The summed E-state index contributed by atoms with van der Waals surface area (Å²) in [6, 6.07) is 0. The van der Waals surface area contributed by atoms with Gasteiger partial charge in [-0.3, -0.25) is 0 Å². The Morgan fingerprint density at radius 1 is 1.57 bits per heavy atom. The summed E-state index contributed by atoms with van der Waals surface area (Å²) in [6.07, 6.45) is 1.48. The van der Waals surface area contributed by atoms with Crippen LogP contribution in [0.4, 0.5) is 0 Å². The number of hydrogen-bond donors (Lipinski definition) is 1. The van der Waals surface area contributed by atoms with Gasteiger partial charge in [-0.15, -0.1) is 11.3 Å². The second kappa shape index (κ2) is 3.96. The summed E-state index contributed by atoms with van der Waals surface area (Å²) < 4.78 is 5.75. The number of nitrogens with one attached hydrogen (secondary N) is 1. The number of thiazole rings is 1. The molecule has 3 nitrogen and oxygen atoms in total. The molecule has 1 aliphatic rings. The lowest BCUT2D eigenvalue weighted by molar-refractivity contribution is -0.00318. The minimum atomic E-state index is 0.219. The third-order valence-corrected chi connectivity index (χ3v) is 3.65. The van der Waals surface area contributed by atoms with Crippen molar-refractivity contribution in [1.82, 2.24) is 10.3 Å². The predicted octanol–water partition coefficient (Wildman–Crippen LogP) is 1.88. The van der Waals surface area contributed by atoms with Gasteiger partial charge in [-0.1, -0.05) is 0 Å². The molecule has 0 saturated carbocycles. The minimum Gasteiger partial charge on any atom is -0.370 e. The van der Waals surface area contributed by atoms with Gasteiger partial charge in [-0.05, 0) is 20.9 Å². The van der Waals surface area contributed by atoms with E-state index >= 15 is 0 Å². The molecule has 0 radical (unpaired) electrons. The highest BCUT2D eigenvalue weighted by Gasteiger charge is 2.25. The summed E-state index contributed by atoms with van der Waals surface area (Å²) in [6.45, 7) is 5.07. The molecule has 2 atom stereocenters. The van der Waals surface area contributed by atoms with E-state index in [-0.39, 0.29) is 6.10 Å². The third kappa shape index (κ3) is 1.82. The number of fused-ring (bicyclic) bond motifs is 1. The van der Waals surface area contributed by atoms with Crippen LogP contribution in [0, 0.1) is 0 Å². The van der Waals surface area contributed by atoms with E-state index in [2.05, 4.69) is 24.1 Å². The van der Waals surface area contributed by atoms with Crippen LogP contribution >= 0.6 is 11.3 Å². The van der Waals surface area contributed by atoms with Gasteiger partial charge in [0, 0.05) is 13.0 Å². The number of aromatic nitrogens is 1. The SMILES string of the molecule is CNCc1nc2c(s1)C(C)OC(C)C2. The minimum absolute atomic E-state index is 0.219. The fraction of sp³-hybridized carbons (Fsp3) is 0.700. The molecule has 1 aromatic rings. The summed E-state index contributed by atoms with van der Waals surface area (Å²) in [5.74, 6) is 0. The summed E-state index contributed by atoms with van der Waals surface area (Å²) in [4.78, 5) is 5.93. The fourth-order valence-corrected chi connectivity index (χ4v) is 2.93. The van der Waals surface area contributed by atoms with E-state index in [0.29, 0.717) is 6.10 Å². The van der Waals surface area contributed by atoms with Crippen molar-refractivity contribution in [3.8, 4) is 0 Å². The van der Waals surface area contributed by atoms with Crippen molar-refractivity contribution in [3.05, 3.63) is 15.6 Å². The monoisotopic (exact) mass is 212 g/mol. The Balaban J connectivity index is 2.26. The maximum absolute atomic E-state index is 5.75. The first-order valence-electron chi connectivity index (χ1n) is 4.99. The predicted molar refractivity (Wildman–Crippen MR) is 57.5 cm³/mol. The van der Waals surface area contributed by atoms with E-state index in [1.807, 2.05) is 7.05 Å². The van der Waals surface area contributed by atoms with Gasteiger partial charge in [0.1, 0.15) is 5.01 Å². The van der Waals surface area contributed by atoms with E-state index < -0.39 is 0 Å². The Morgan fingerprint density at radius 2 is 2.36 bits per heavy atom. The van der Waals surface area contributed by atoms with E-state index in [1.54, 1.807) is 11.3 Å². The van der Waals surface area contributed by atoms with Gasteiger partial charge >= 0.3 is 0 Å². The molecule has 4 heteroatoms. The molecule has 0 bridgehead atoms. The quantitative estimate of drug-likeness (QED) is 0.813. The van der Waals surface area contributed by atoms with Crippen molar-refractivity contribution < 1.29 is 4.74 Å². The smallest absolute Gasteiger partial charge is 0.107 e. The zero-order chi connectivity index (χ0) is 10.1. The Hall–Kier alpha value is -0.450. The Morgan fingerprint density at radius 3 is 3.07 bits per heavy atom. The standard InChI is InChI=1S/C10H16N2OS/c1-6-4-8-10(7(2)13-6)14-9(12-8)5-11-3/h6-7,11H,4-5H2,1-3H3. The molecule has 0 aliphatic carbocycles. The highest BCUT2D eigenvalue weighted by atomic mass is 32.1. The molecule has 0 fully saturated rings. The molecule has 78 valence electrons. The molecule has 1 aliphatic heterocycles. The van der Waals surface area contributed by atoms with Gasteiger partial charge in [0.2, 0.25) is 0 Å². The van der Waals surface area contributed by atoms with Gasteiger partial charge in [-0.25, -0.2) is 4.98 Å². The van der Waals surface area contributed by atoms with Crippen molar-refractivity contribution in [3.63, 3.8) is 0 Å². The molecule has 2 heterocycles. The number of hydrogen-bond acceptors (Lipinski definition) is 4. The maximum Gasteiger partial charge on any atom is 0.107 e. The molecule has 2 unspecified atom stereocenters. The molecule has 0 aromatic carbocycles. The molecule has 0 saturated heterocycles. The molecule has 2 rings (SSSR count). The Bertz CT molecular complexity index is 324. The largest absolute Gasteiger partial charge is 0.370 e. The maximum atomic E-state index is 5.75. The van der Waals surface area contributed by atoms with Gasteiger partial charge in [0.25, 0.3) is 0 Å². The average molecular weight is 212 g/mol. The molecule has 0 amide bonds. The van der Waals surface area contributed by atoms with Crippen LogP contribution in [0.1, 0.15) is 35.5 Å². The number of nitrogens with zero attached hydrogens (tertiary/aromatic N) is 1. The number of ether oxygens (including phenoxy) is 1. The second-order valence-electron chi connectivity index (χ2n) is 3.74. The van der Waals surface area contributed by atoms with Crippen LogP contribution in [0.2, 0.25) is 0 Å². The Kier molecular flexibility index (Phi) is 2.85. The zero-order valence-electron chi connectivity index (χ0n) is 8.83. The lowest BCUT2D eigenvalue weighted by Crippen LogP contribution is -2.20. The normalized spacial score (nSPS) is 26.2. The summed E-state index contributed by atoms with van der Waals surface area (Å²) in [7, 11) is 1.95. The fourth-order valence-electron chi connectivity index (χ4n) is 1.84. The highest BCUT2D eigenvalue weighted by molar-refractivity contribution is 7.11.